The van der Waals surface area contributed by atoms with E-state index in [9.17, 15) is 8.78 Å². The molecule has 0 amide bonds. The maximum atomic E-state index is 14.0. The summed E-state index contributed by atoms with van der Waals surface area (Å²) in [5.41, 5.74) is 1.89. The molecule has 0 saturated heterocycles. The average Bonchev–Trinajstić information content (AvgIpc) is 2.45. The Kier molecular flexibility index (Phi) is 3.33. The predicted octanol–water partition coefficient (Wildman–Crippen LogP) is 4.85. The van der Waals surface area contributed by atoms with E-state index in [-0.39, 0.29) is 22.4 Å². The molecule has 0 unspecified atom stereocenters. The van der Waals surface area contributed by atoms with Gasteiger partial charge in [0, 0.05) is 10.9 Å². The van der Waals surface area contributed by atoms with Crippen molar-refractivity contribution in [2.45, 2.75) is 13.8 Å². The Hall–Kier alpha value is -2.07. The minimum Gasteiger partial charge on any atom is -0.227 e. The molecule has 2 nitrogen and oxygen atoms in total. The molecule has 21 heavy (non-hydrogen) atoms. The number of rotatable bonds is 1. The second kappa shape index (κ2) is 5.04. The van der Waals surface area contributed by atoms with E-state index in [1.54, 1.807) is 19.1 Å². The summed E-state index contributed by atoms with van der Waals surface area (Å²) in [6.45, 7) is 3.45. The Labute approximate surface area is 125 Å². The highest BCUT2D eigenvalue weighted by molar-refractivity contribution is 6.34. The van der Waals surface area contributed by atoms with Crippen LogP contribution >= 0.6 is 11.6 Å². The smallest absolute Gasteiger partial charge is 0.164 e. The molecule has 2 aromatic carbocycles. The van der Waals surface area contributed by atoms with Crippen molar-refractivity contribution in [2.75, 3.05) is 0 Å². The minimum atomic E-state index is -0.440. The third-order valence-electron chi connectivity index (χ3n) is 3.37. The van der Waals surface area contributed by atoms with E-state index >= 15 is 0 Å². The van der Waals surface area contributed by atoms with E-state index in [0.717, 1.165) is 5.56 Å². The zero-order valence-corrected chi connectivity index (χ0v) is 12.2. The zero-order valence-electron chi connectivity index (χ0n) is 11.4. The van der Waals surface area contributed by atoms with Crippen LogP contribution in [0.2, 0.25) is 5.15 Å². The summed E-state index contributed by atoms with van der Waals surface area (Å²) < 4.78 is 27.7. The average molecular weight is 305 g/mol. The molecule has 0 fully saturated rings. The highest BCUT2D eigenvalue weighted by Crippen LogP contribution is 2.29. The van der Waals surface area contributed by atoms with Crippen LogP contribution in [0.3, 0.4) is 0 Å². The summed E-state index contributed by atoms with van der Waals surface area (Å²) in [4.78, 5) is 8.43. The van der Waals surface area contributed by atoms with Crippen molar-refractivity contribution in [2.24, 2.45) is 0 Å². The number of benzene rings is 2. The quantitative estimate of drug-likeness (QED) is 0.601. The van der Waals surface area contributed by atoms with Crippen molar-refractivity contribution in [3.63, 3.8) is 0 Å². The monoisotopic (exact) mass is 304 g/mol. The van der Waals surface area contributed by atoms with Gasteiger partial charge < -0.3 is 0 Å². The van der Waals surface area contributed by atoms with E-state index in [2.05, 4.69) is 9.97 Å². The molecule has 1 heterocycles. The van der Waals surface area contributed by atoms with Crippen LogP contribution in [0.5, 0.6) is 0 Å². The molecular formula is C16H11ClF2N2. The highest BCUT2D eigenvalue weighted by atomic mass is 35.5. The van der Waals surface area contributed by atoms with Gasteiger partial charge in [-0.15, -0.1) is 0 Å². The second-order valence-corrected chi connectivity index (χ2v) is 5.25. The van der Waals surface area contributed by atoms with E-state index in [1.165, 1.54) is 18.2 Å². The van der Waals surface area contributed by atoms with Crippen molar-refractivity contribution < 1.29 is 8.78 Å². The Morgan fingerprint density at radius 1 is 0.952 bits per heavy atom. The maximum absolute atomic E-state index is 14.0. The molecule has 5 heteroatoms. The largest absolute Gasteiger partial charge is 0.227 e. The lowest BCUT2D eigenvalue weighted by Gasteiger charge is -2.08. The Bertz CT molecular complexity index is 863. The molecular weight excluding hydrogens is 294 g/mol. The van der Waals surface area contributed by atoms with Crippen LogP contribution in [0, 0.1) is 25.5 Å². The van der Waals surface area contributed by atoms with Crippen LogP contribution in [0.1, 0.15) is 11.1 Å². The van der Waals surface area contributed by atoms with Crippen LogP contribution in [-0.4, -0.2) is 9.97 Å². The first-order valence-corrected chi connectivity index (χ1v) is 6.74. The molecule has 0 aliphatic heterocycles. The number of hydrogen-bond donors (Lipinski definition) is 0. The van der Waals surface area contributed by atoms with Gasteiger partial charge in [-0.1, -0.05) is 23.2 Å². The molecule has 106 valence electrons. The molecule has 0 atom stereocenters. The lowest BCUT2D eigenvalue weighted by molar-refractivity contribution is 0.620. The molecule has 0 radical (unpaired) electrons. The van der Waals surface area contributed by atoms with Gasteiger partial charge in [-0.25, -0.2) is 18.7 Å². The van der Waals surface area contributed by atoms with Gasteiger partial charge in [0.1, 0.15) is 16.8 Å². The normalized spacial score (nSPS) is 11.1. The number of hydrogen-bond acceptors (Lipinski definition) is 2. The van der Waals surface area contributed by atoms with E-state index in [4.69, 9.17) is 11.6 Å². The van der Waals surface area contributed by atoms with E-state index < -0.39 is 5.82 Å². The molecule has 0 aliphatic rings. The second-order valence-electron chi connectivity index (χ2n) is 4.89. The summed E-state index contributed by atoms with van der Waals surface area (Å²) in [6.07, 6.45) is 0. The predicted molar refractivity (Wildman–Crippen MR) is 79.4 cm³/mol. The lowest BCUT2D eigenvalue weighted by atomic mass is 10.1. The maximum Gasteiger partial charge on any atom is 0.164 e. The van der Waals surface area contributed by atoms with E-state index in [0.29, 0.717) is 16.5 Å². The molecule has 0 N–H and O–H groups in total. The molecule has 1 aromatic heterocycles. The number of halogens is 3. The number of nitrogens with zero attached hydrogens (tertiary/aromatic N) is 2. The first kappa shape index (κ1) is 13.9. The van der Waals surface area contributed by atoms with Gasteiger partial charge in [0.05, 0.1) is 11.1 Å². The van der Waals surface area contributed by atoms with Gasteiger partial charge in [-0.05, 0) is 38.1 Å². The molecule has 3 aromatic rings. The van der Waals surface area contributed by atoms with Gasteiger partial charge in [0.2, 0.25) is 0 Å². The minimum absolute atomic E-state index is 0.155. The summed E-state index contributed by atoms with van der Waals surface area (Å²) in [5.74, 6) is -0.666. The Morgan fingerprint density at radius 2 is 1.67 bits per heavy atom. The van der Waals surface area contributed by atoms with Gasteiger partial charge in [-0.3, -0.25) is 0 Å². The third kappa shape index (κ3) is 2.36. The van der Waals surface area contributed by atoms with Crippen LogP contribution in [0.4, 0.5) is 8.78 Å². The zero-order chi connectivity index (χ0) is 15.1. The summed E-state index contributed by atoms with van der Waals surface area (Å²) >= 11 is 6.13. The van der Waals surface area contributed by atoms with Crippen LogP contribution in [-0.2, 0) is 0 Å². The van der Waals surface area contributed by atoms with Crippen molar-refractivity contribution in [3.05, 3.63) is 58.2 Å². The summed E-state index contributed by atoms with van der Waals surface area (Å²) in [5, 5.41) is 0.728. The van der Waals surface area contributed by atoms with Gasteiger partial charge >= 0.3 is 0 Å². The fourth-order valence-corrected chi connectivity index (χ4v) is 2.43. The molecule has 0 saturated carbocycles. The Morgan fingerprint density at radius 3 is 2.43 bits per heavy atom. The summed E-state index contributed by atoms with van der Waals surface area (Å²) in [7, 11) is 0. The first-order valence-electron chi connectivity index (χ1n) is 6.36. The third-order valence-corrected chi connectivity index (χ3v) is 3.66. The Balaban J connectivity index is 2.34. The number of aryl methyl sites for hydroxylation is 2. The SMILES string of the molecule is Cc1ccc(F)c(-c2nc(Cl)c3ccc(F)c(C)c3n2)c1. The molecule has 0 aliphatic carbocycles. The molecule has 0 spiro atoms. The van der Waals surface area contributed by atoms with E-state index in [1.807, 2.05) is 6.92 Å². The first-order chi connectivity index (χ1) is 9.97. The standard InChI is InChI=1S/C16H11ClF2N2/c1-8-3-5-13(19)11(7-8)16-20-14-9(2)12(18)6-4-10(14)15(17)21-16/h3-7H,1-2H3. The van der Waals surface area contributed by atoms with Crippen molar-refractivity contribution in [1.29, 1.82) is 0 Å². The van der Waals surface area contributed by atoms with Crippen LogP contribution in [0.15, 0.2) is 30.3 Å². The number of aromatic nitrogens is 2. The van der Waals surface area contributed by atoms with Crippen molar-refractivity contribution >= 4 is 22.5 Å². The fraction of sp³-hybridized carbons (Fsp3) is 0.125. The topological polar surface area (TPSA) is 25.8 Å². The van der Waals surface area contributed by atoms with Crippen molar-refractivity contribution in [3.8, 4) is 11.4 Å². The van der Waals surface area contributed by atoms with Gasteiger partial charge in [-0.2, -0.15) is 0 Å². The van der Waals surface area contributed by atoms with Gasteiger partial charge in [0.15, 0.2) is 5.82 Å². The lowest BCUT2D eigenvalue weighted by Crippen LogP contribution is -1.97. The molecule has 3 rings (SSSR count). The fourth-order valence-electron chi connectivity index (χ4n) is 2.20. The van der Waals surface area contributed by atoms with Crippen LogP contribution in [0.25, 0.3) is 22.3 Å². The molecule has 0 bridgehead atoms. The highest BCUT2D eigenvalue weighted by Gasteiger charge is 2.14. The van der Waals surface area contributed by atoms with Crippen molar-refractivity contribution in [1.82, 2.24) is 9.97 Å². The number of fused-ring (bicyclic) bond motifs is 1. The van der Waals surface area contributed by atoms with Crippen LogP contribution < -0.4 is 0 Å². The van der Waals surface area contributed by atoms with Gasteiger partial charge in [0.25, 0.3) is 0 Å². The summed E-state index contributed by atoms with van der Waals surface area (Å²) in [6, 6.07) is 7.49.